The Morgan fingerprint density at radius 3 is 2.42 bits per heavy atom. The zero-order valence-corrected chi connectivity index (χ0v) is 25.1. The summed E-state index contributed by atoms with van der Waals surface area (Å²) in [6.45, 7) is 14.5. The second kappa shape index (κ2) is 10.9. The van der Waals surface area contributed by atoms with Crippen LogP contribution in [-0.2, 0) is 4.79 Å². The van der Waals surface area contributed by atoms with Crippen LogP contribution in [0.15, 0.2) is 66.9 Å². The highest BCUT2D eigenvalue weighted by Gasteiger charge is 2.42. The quantitative estimate of drug-likeness (QED) is 0.249. The van der Waals surface area contributed by atoms with Gasteiger partial charge in [-0.05, 0) is 112 Å². The van der Waals surface area contributed by atoms with Gasteiger partial charge in [-0.1, -0.05) is 32.0 Å². The van der Waals surface area contributed by atoms with Gasteiger partial charge in [-0.25, -0.2) is 0 Å². The summed E-state index contributed by atoms with van der Waals surface area (Å²) in [6, 6.07) is 20.6. The molecule has 0 spiro atoms. The molecule has 2 N–H and O–H groups in total. The molecule has 0 radical (unpaired) electrons. The first kappa shape index (κ1) is 27.6. The van der Waals surface area contributed by atoms with E-state index >= 15 is 0 Å². The number of benzene rings is 2. The minimum Gasteiger partial charge on any atom is -0.351 e. The summed E-state index contributed by atoms with van der Waals surface area (Å²) >= 11 is 5.98. The summed E-state index contributed by atoms with van der Waals surface area (Å²) in [6.07, 6.45) is 1.83. The van der Waals surface area contributed by atoms with Crippen molar-refractivity contribution >= 4 is 34.6 Å². The number of thiocarbonyl (C=S) groups is 1. The molecule has 3 heterocycles. The molecule has 1 fully saturated rings. The van der Waals surface area contributed by atoms with Crippen LogP contribution in [0.25, 0.3) is 5.69 Å². The fraction of sp³-hybridized carbons (Fsp3) is 0.303. The van der Waals surface area contributed by atoms with Gasteiger partial charge in [0.1, 0.15) is 0 Å². The van der Waals surface area contributed by atoms with Crippen molar-refractivity contribution in [2.24, 2.45) is 5.92 Å². The number of carbonyl (C=O) groups excluding carboxylic acids is 1. The maximum Gasteiger partial charge on any atom is 0.226 e. The lowest BCUT2D eigenvalue weighted by molar-refractivity contribution is -0.118. The fourth-order valence-corrected chi connectivity index (χ4v) is 5.95. The van der Waals surface area contributed by atoms with E-state index in [1.807, 2.05) is 51.2 Å². The lowest BCUT2D eigenvalue weighted by Crippen LogP contribution is -2.29. The Labute approximate surface area is 242 Å². The van der Waals surface area contributed by atoms with Crippen LogP contribution in [0.5, 0.6) is 0 Å². The van der Waals surface area contributed by atoms with Crippen molar-refractivity contribution in [3.8, 4) is 5.69 Å². The highest BCUT2D eigenvalue weighted by molar-refractivity contribution is 7.80. The summed E-state index contributed by atoms with van der Waals surface area (Å²) in [5, 5.41) is 7.27. The highest BCUT2D eigenvalue weighted by atomic mass is 32.1. The number of rotatable bonds is 6. The second-order valence-electron chi connectivity index (χ2n) is 11.0. The van der Waals surface area contributed by atoms with Crippen molar-refractivity contribution in [2.45, 2.75) is 60.5 Å². The van der Waals surface area contributed by atoms with Gasteiger partial charge in [0.25, 0.3) is 0 Å². The Morgan fingerprint density at radius 1 is 0.975 bits per heavy atom. The van der Waals surface area contributed by atoms with Gasteiger partial charge in [-0.15, -0.1) is 0 Å². The van der Waals surface area contributed by atoms with Crippen LogP contribution in [0, 0.1) is 40.5 Å². The molecule has 206 valence electrons. The molecule has 2 aromatic carbocycles. The molecule has 40 heavy (non-hydrogen) atoms. The Morgan fingerprint density at radius 2 is 1.75 bits per heavy atom. The van der Waals surface area contributed by atoms with E-state index in [-0.39, 0.29) is 23.9 Å². The Balaban J connectivity index is 1.64. The van der Waals surface area contributed by atoms with Crippen molar-refractivity contribution in [3.05, 3.63) is 106 Å². The number of hydrogen-bond acceptors (Lipinski definition) is 3. The Bertz CT molecular complexity index is 1590. The van der Waals surface area contributed by atoms with Crippen LogP contribution in [0.1, 0.15) is 65.3 Å². The molecular weight excluding hydrogens is 514 g/mol. The standard InChI is InChI=1S/C33H37N5OS/c1-19(2)32(39)35-27-15-14-25(17-21(27)4)38-31(30(36-33(38)40)28-12-8-9-16-34-28)26-18-22(5)37(24(26)7)29-13-10-11-20(3)23(29)6/h8-19,30-31H,1-7H3,(H,35,39)(H,36,40)/t30-,31-/m0/s1. The van der Waals surface area contributed by atoms with Gasteiger partial charge >= 0.3 is 0 Å². The second-order valence-corrected chi connectivity index (χ2v) is 11.4. The van der Waals surface area contributed by atoms with Crippen LogP contribution in [-0.4, -0.2) is 20.6 Å². The predicted octanol–water partition coefficient (Wildman–Crippen LogP) is 7.19. The van der Waals surface area contributed by atoms with Gasteiger partial charge in [-0.2, -0.15) is 0 Å². The van der Waals surface area contributed by atoms with E-state index in [4.69, 9.17) is 17.2 Å². The molecule has 5 rings (SSSR count). The average Bonchev–Trinajstić information content (AvgIpc) is 3.42. The molecule has 0 unspecified atom stereocenters. The predicted molar refractivity (Wildman–Crippen MR) is 167 cm³/mol. The summed E-state index contributed by atoms with van der Waals surface area (Å²) < 4.78 is 2.35. The summed E-state index contributed by atoms with van der Waals surface area (Å²) in [5.41, 5.74) is 11.0. The number of hydrogen-bond donors (Lipinski definition) is 2. The molecule has 6 nitrogen and oxygen atoms in total. The van der Waals surface area contributed by atoms with Gasteiger partial charge in [-0.3, -0.25) is 9.78 Å². The molecule has 0 bridgehead atoms. The van der Waals surface area contributed by atoms with Crippen molar-refractivity contribution in [1.82, 2.24) is 14.9 Å². The van der Waals surface area contributed by atoms with Gasteiger partial charge in [0.15, 0.2) is 5.11 Å². The Kier molecular flexibility index (Phi) is 7.51. The van der Waals surface area contributed by atoms with Gasteiger partial charge in [0.2, 0.25) is 5.91 Å². The van der Waals surface area contributed by atoms with Gasteiger partial charge in [0.05, 0.1) is 17.8 Å². The first-order valence-corrected chi connectivity index (χ1v) is 14.2. The number of aryl methyl sites for hydroxylation is 3. The van der Waals surface area contributed by atoms with E-state index in [1.165, 1.54) is 33.8 Å². The molecule has 0 aliphatic carbocycles. The van der Waals surface area contributed by atoms with Crippen LogP contribution in [0.4, 0.5) is 11.4 Å². The third-order valence-electron chi connectivity index (χ3n) is 7.97. The lowest BCUT2D eigenvalue weighted by atomic mass is 9.96. The van der Waals surface area contributed by atoms with Crippen molar-refractivity contribution in [3.63, 3.8) is 0 Å². The zero-order valence-electron chi connectivity index (χ0n) is 24.2. The van der Waals surface area contributed by atoms with Gasteiger partial charge in [0, 0.05) is 40.6 Å². The van der Waals surface area contributed by atoms with E-state index in [0.717, 1.165) is 22.6 Å². The molecule has 0 saturated carbocycles. The molecule has 7 heteroatoms. The monoisotopic (exact) mass is 551 g/mol. The summed E-state index contributed by atoms with van der Waals surface area (Å²) in [7, 11) is 0. The first-order valence-electron chi connectivity index (χ1n) is 13.8. The highest BCUT2D eigenvalue weighted by Crippen LogP contribution is 2.44. The van der Waals surface area contributed by atoms with Crippen molar-refractivity contribution in [2.75, 3.05) is 10.2 Å². The molecule has 1 saturated heterocycles. The molecule has 2 atom stereocenters. The number of nitrogens with zero attached hydrogens (tertiary/aromatic N) is 3. The number of carbonyl (C=O) groups is 1. The van der Waals surface area contributed by atoms with E-state index in [1.54, 1.807) is 0 Å². The Hall–Kier alpha value is -3.97. The van der Waals surface area contributed by atoms with E-state index in [0.29, 0.717) is 5.11 Å². The first-order chi connectivity index (χ1) is 19.1. The van der Waals surface area contributed by atoms with E-state index in [9.17, 15) is 4.79 Å². The molecule has 2 aromatic heterocycles. The average molecular weight is 552 g/mol. The minimum atomic E-state index is -0.137. The van der Waals surface area contributed by atoms with E-state index in [2.05, 4.69) is 84.2 Å². The summed E-state index contributed by atoms with van der Waals surface area (Å²) in [5.74, 6) is -0.0913. The third kappa shape index (κ3) is 4.90. The number of pyridine rings is 1. The number of nitrogens with one attached hydrogen (secondary N) is 2. The minimum absolute atomic E-state index is 0.00110. The lowest BCUT2D eigenvalue weighted by Gasteiger charge is -2.29. The van der Waals surface area contributed by atoms with Crippen LogP contribution in [0.3, 0.4) is 0 Å². The van der Waals surface area contributed by atoms with Crippen LogP contribution < -0.4 is 15.5 Å². The zero-order chi connectivity index (χ0) is 28.7. The number of aromatic nitrogens is 2. The molecule has 1 aliphatic heterocycles. The largest absolute Gasteiger partial charge is 0.351 e. The normalized spacial score (nSPS) is 16.9. The SMILES string of the molecule is Cc1cc(N2C(=S)N[C@@H](c3ccccn3)[C@@H]2c2cc(C)n(-c3cccc(C)c3C)c2C)ccc1NC(=O)C(C)C. The van der Waals surface area contributed by atoms with Crippen molar-refractivity contribution < 1.29 is 4.79 Å². The molecule has 4 aromatic rings. The van der Waals surface area contributed by atoms with Crippen LogP contribution >= 0.6 is 12.2 Å². The topological polar surface area (TPSA) is 62.2 Å². The molecule has 1 aliphatic rings. The van der Waals surface area contributed by atoms with Crippen LogP contribution in [0.2, 0.25) is 0 Å². The van der Waals surface area contributed by atoms with Gasteiger partial charge < -0.3 is 20.1 Å². The smallest absolute Gasteiger partial charge is 0.226 e. The fourth-order valence-electron chi connectivity index (χ4n) is 5.60. The maximum atomic E-state index is 12.4. The third-order valence-corrected chi connectivity index (χ3v) is 8.29. The molecule has 1 amide bonds. The molecular formula is C33H37N5OS. The number of anilines is 2. The van der Waals surface area contributed by atoms with E-state index < -0.39 is 0 Å². The van der Waals surface area contributed by atoms with Crippen molar-refractivity contribution in [1.29, 1.82) is 0 Å². The summed E-state index contributed by atoms with van der Waals surface area (Å²) in [4.78, 5) is 19.3. The maximum absolute atomic E-state index is 12.4. The number of amides is 1.